The fourth-order valence-corrected chi connectivity index (χ4v) is 6.34. The summed E-state index contributed by atoms with van der Waals surface area (Å²) in [5.41, 5.74) is 3.11. The topological polar surface area (TPSA) is 84.0 Å². The van der Waals surface area contributed by atoms with Gasteiger partial charge in [0.2, 0.25) is 15.9 Å². The molecule has 0 saturated carbocycles. The lowest BCUT2D eigenvalue weighted by Crippen LogP contribution is -2.47. The summed E-state index contributed by atoms with van der Waals surface area (Å²) in [5, 5.41) is 0. The van der Waals surface area contributed by atoms with Crippen molar-refractivity contribution in [1.82, 2.24) is 9.21 Å². The molecule has 2 aromatic rings. The molecule has 33 heavy (non-hydrogen) atoms. The molecular formula is C25H26N2O5S. The van der Waals surface area contributed by atoms with E-state index in [1.807, 2.05) is 23.1 Å². The lowest BCUT2D eigenvalue weighted by Gasteiger charge is -2.35. The van der Waals surface area contributed by atoms with E-state index in [9.17, 15) is 18.0 Å². The molecule has 0 bridgehead atoms. The number of nitrogens with zero attached hydrogens (tertiary/aromatic N) is 2. The molecule has 1 amide bonds. The van der Waals surface area contributed by atoms with E-state index in [1.54, 1.807) is 6.07 Å². The van der Waals surface area contributed by atoms with Gasteiger partial charge in [-0.3, -0.25) is 9.59 Å². The zero-order valence-corrected chi connectivity index (χ0v) is 19.1. The monoisotopic (exact) mass is 466 g/mol. The van der Waals surface area contributed by atoms with Gasteiger partial charge in [-0.25, -0.2) is 8.42 Å². The predicted molar refractivity (Wildman–Crippen MR) is 123 cm³/mol. The van der Waals surface area contributed by atoms with Crippen LogP contribution < -0.4 is 4.74 Å². The molecule has 0 aromatic heterocycles. The number of rotatable bonds is 4. The maximum atomic E-state index is 13.3. The van der Waals surface area contributed by atoms with Crippen LogP contribution in [0.25, 0.3) is 5.57 Å². The fraction of sp³-hybridized carbons (Fsp3) is 0.360. The molecule has 1 atom stereocenters. The smallest absolute Gasteiger partial charge is 0.315 e. The largest absolute Gasteiger partial charge is 0.426 e. The lowest BCUT2D eigenvalue weighted by molar-refractivity contribution is -0.136. The van der Waals surface area contributed by atoms with Crippen LogP contribution in [0.4, 0.5) is 0 Å². The average Bonchev–Trinajstić information content (AvgIpc) is 3.23. The number of hydrogen-bond donors (Lipinski definition) is 0. The van der Waals surface area contributed by atoms with Crippen LogP contribution in [0.3, 0.4) is 0 Å². The number of carbonyl (C=O) groups excluding carboxylic acids is 2. The van der Waals surface area contributed by atoms with Gasteiger partial charge in [0.15, 0.2) is 0 Å². The average molecular weight is 467 g/mol. The highest BCUT2D eigenvalue weighted by atomic mass is 32.2. The zero-order chi connectivity index (χ0) is 23.0. The number of esters is 1. The van der Waals surface area contributed by atoms with E-state index in [0.717, 1.165) is 6.42 Å². The molecule has 0 N–H and O–H groups in total. The minimum absolute atomic E-state index is 0.0149. The van der Waals surface area contributed by atoms with E-state index in [2.05, 4.69) is 18.2 Å². The van der Waals surface area contributed by atoms with E-state index in [-0.39, 0.29) is 35.7 Å². The highest BCUT2D eigenvalue weighted by molar-refractivity contribution is 7.89. The van der Waals surface area contributed by atoms with Crippen LogP contribution >= 0.6 is 0 Å². The normalized spacial score (nSPS) is 21.3. The predicted octanol–water partition coefficient (Wildman–Crippen LogP) is 2.86. The SMILES string of the molecule is O=C1Cc2ccc(S(=O)(=O)N3CCCC(C(=O)N4CC=C(c5ccccc5)CC4)C3)cc2O1. The number of fused-ring (bicyclic) bond motifs is 1. The van der Waals surface area contributed by atoms with Gasteiger partial charge < -0.3 is 9.64 Å². The lowest BCUT2D eigenvalue weighted by atomic mass is 9.95. The van der Waals surface area contributed by atoms with Crippen LogP contribution in [-0.2, 0) is 26.0 Å². The van der Waals surface area contributed by atoms with Crippen molar-refractivity contribution in [2.24, 2.45) is 5.92 Å². The van der Waals surface area contributed by atoms with E-state index in [0.29, 0.717) is 43.8 Å². The van der Waals surface area contributed by atoms with Gasteiger partial charge >= 0.3 is 5.97 Å². The molecule has 3 aliphatic heterocycles. The van der Waals surface area contributed by atoms with Crippen molar-refractivity contribution in [2.75, 3.05) is 26.2 Å². The molecule has 1 saturated heterocycles. The van der Waals surface area contributed by atoms with Crippen molar-refractivity contribution >= 4 is 27.5 Å². The van der Waals surface area contributed by atoms with Crippen molar-refractivity contribution in [3.05, 3.63) is 65.7 Å². The summed E-state index contributed by atoms with van der Waals surface area (Å²) >= 11 is 0. The third-order valence-corrected chi connectivity index (χ3v) is 8.49. The number of piperidine rings is 1. The second-order valence-corrected chi connectivity index (χ2v) is 10.7. The van der Waals surface area contributed by atoms with Crippen LogP contribution in [0.15, 0.2) is 59.5 Å². The summed E-state index contributed by atoms with van der Waals surface area (Å²) in [6.07, 6.45) is 4.36. The van der Waals surface area contributed by atoms with Crippen LogP contribution in [0, 0.1) is 5.92 Å². The molecule has 0 radical (unpaired) electrons. The maximum absolute atomic E-state index is 13.3. The number of ether oxygens (including phenoxy) is 1. The molecular weight excluding hydrogens is 440 g/mol. The Morgan fingerprint density at radius 2 is 1.88 bits per heavy atom. The van der Waals surface area contributed by atoms with Crippen molar-refractivity contribution in [3.8, 4) is 5.75 Å². The molecule has 1 unspecified atom stereocenters. The third-order valence-electron chi connectivity index (χ3n) is 6.63. The first-order chi connectivity index (χ1) is 15.9. The van der Waals surface area contributed by atoms with Gasteiger partial charge in [-0.1, -0.05) is 42.5 Å². The number of sulfonamides is 1. The van der Waals surface area contributed by atoms with Crippen LogP contribution in [-0.4, -0.2) is 55.7 Å². The Morgan fingerprint density at radius 3 is 2.64 bits per heavy atom. The van der Waals surface area contributed by atoms with E-state index < -0.39 is 10.0 Å². The summed E-state index contributed by atoms with van der Waals surface area (Å²) in [6, 6.07) is 14.7. The summed E-state index contributed by atoms with van der Waals surface area (Å²) in [4.78, 5) is 26.6. The van der Waals surface area contributed by atoms with Crippen LogP contribution in [0.2, 0.25) is 0 Å². The van der Waals surface area contributed by atoms with Crippen LogP contribution in [0.1, 0.15) is 30.4 Å². The first kappa shape index (κ1) is 21.9. The van der Waals surface area contributed by atoms with Gasteiger partial charge in [0.25, 0.3) is 0 Å². The molecule has 8 heteroatoms. The molecule has 0 spiro atoms. The Balaban J connectivity index is 1.27. The quantitative estimate of drug-likeness (QED) is 0.511. The molecule has 7 nitrogen and oxygen atoms in total. The summed E-state index contributed by atoms with van der Waals surface area (Å²) in [5.74, 6) is -0.414. The molecule has 5 rings (SSSR count). The van der Waals surface area contributed by atoms with E-state index >= 15 is 0 Å². The summed E-state index contributed by atoms with van der Waals surface area (Å²) < 4.78 is 33.0. The van der Waals surface area contributed by atoms with Crippen LogP contribution in [0.5, 0.6) is 5.75 Å². The number of benzene rings is 2. The first-order valence-corrected chi connectivity index (χ1v) is 12.7. The fourth-order valence-electron chi connectivity index (χ4n) is 4.80. The minimum Gasteiger partial charge on any atom is -0.426 e. The Labute approximate surface area is 193 Å². The zero-order valence-electron chi connectivity index (χ0n) is 18.3. The Hall–Kier alpha value is -2.97. The summed E-state index contributed by atoms with van der Waals surface area (Å²) in [6.45, 7) is 1.73. The third kappa shape index (κ3) is 4.32. The van der Waals surface area contributed by atoms with Gasteiger partial charge in [-0.2, -0.15) is 4.31 Å². The van der Waals surface area contributed by atoms with Gasteiger partial charge in [-0.05, 0) is 36.5 Å². The van der Waals surface area contributed by atoms with Crippen molar-refractivity contribution in [3.63, 3.8) is 0 Å². The van der Waals surface area contributed by atoms with Crippen molar-refractivity contribution in [2.45, 2.75) is 30.6 Å². The number of carbonyl (C=O) groups is 2. The Kier molecular flexibility index (Phi) is 5.80. The second-order valence-electron chi connectivity index (χ2n) is 8.75. The van der Waals surface area contributed by atoms with Gasteiger partial charge in [0, 0.05) is 37.8 Å². The second kappa shape index (κ2) is 8.76. The molecule has 0 aliphatic carbocycles. The molecule has 2 aromatic carbocycles. The maximum Gasteiger partial charge on any atom is 0.315 e. The van der Waals surface area contributed by atoms with Crippen molar-refractivity contribution in [1.29, 1.82) is 0 Å². The van der Waals surface area contributed by atoms with Gasteiger partial charge in [0.05, 0.1) is 17.2 Å². The minimum atomic E-state index is -3.78. The van der Waals surface area contributed by atoms with Gasteiger partial charge in [0.1, 0.15) is 5.75 Å². The Bertz CT molecular complexity index is 1220. The number of hydrogen-bond acceptors (Lipinski definition) is 5. The highest BCUT2D eigenvalue weighted by Crippen LogP contribution is 2.32. The molecule has 3 aliphatic rings. The van der Waals surface area contributed by atoms with Crippen molar-refractivity contribution < 1.29 is 22.7 Å². The van der Waals surface area contributed by atoms with E-state index in [1.165, 1.54) is 27.6 Å². The van der Waals surface area contributed by atoms with E-state index in [4.69, 9.17) is 4.74 Å². The van der Waals surface area contributed by atoms with Gasteiger partial charge in [-0.15, -0.1) is 0 Å². The highest BCUT2D eigenvalue weighted by Gasteiger charge is 2.36. The molecule has 3 heterocycles. The Morgan fingerprint density at radius 1 is 1.06 bits per heavy atom. The number of amides is 1. The molecule has 172 valence electrons. The molecule has 1 fully saturated rings. The standard InChI is InChI=1S/C25H26N2O5S/c28-24-15-20-8-9-22(16-23(20)32-24)33(30,31)27-12-4-7-21(17-27)25(29)26-13-10-19(11-14-26)18-5-2-1-3-6-18/h1-3,5-6,8-10,16,21H,4,7,11-15,17H2. The summed E-state index contributed by atoms with van der Waals surface area (Å²) in [7, 11) is -3.78. The first-order valence-electron chi connectivity index (χ1n) is 11.3.